The summed E-state index contributed by atoms with van der Waals surface area (Å²) in [6.07, 6.45) is 0. The highest BCUT2D eigenvalue weighted by molar-refractivity contribution is 5.80. The summed E-state index contributed by atoms with van der Waals surface area (Å²) in [5.41, 5.74) is 0. The third-order valence-corrected chi connectivity index (χ3v) is 4.11. The average Bonchev–Trinajstić information content (AvgIpc) is 2.72. The van der Waals surface area contributed by atoms with Gasteiger partial charge in [-0.15, -0.1) is 0 Å². The lowest BCUT2D eigenvalue weighted by Gasteiger charge is -2.29. The van der Waals surface area contributed by atoms with Crippen LogP contribution in [0.1, 0.15) is 0 Å². The molecular weight excluding hydrogens is 288 g/mol. The minimum atomic E-state index is -0.210. The van der Waals surface area contributed by atoms with Gasteiger partial charge in [-0.3, -0.25) is 4.79 Å². The number of rotatable bonds is 3. The number of aromatic nitrogens is 2. The molecule has 2 aliphatic heterocycles. The minimum absolute atomic E-state index is 0.0132. The Morgan fingerprint density at radius 1 is 1.18 bits per heavy atom. The molecule has 8 nitrogen and oxygen atoms in total. The number of likely N-dealkylation sites (N-methyl/N-ethyl adjacent to an activating group) is 1. The molecule has 0 aliphatic carbocycles. The quantitative estimate of drug-likeness (QED) is 0.764. The monoisotopic (exact) mass is 308 g/mol. The lowest BCUT2D eigenvalue weighted by molar-refractivity contribution is -0.133. The van der Waals surface area contributed by atoms with Gasteiger partial charge in [0, 0.05) is 20.1 Å². The minimum Gasteiger partial charge on any atom is -0.481 e. The Balaban J connectivity index is 1.93. The van der Waals surface area contributed by atoms with Gasteiger partial charge >= 0.3 is 0 Å². The zero-order chi connectivity index (χ0) is 15.7. The van der Waals surface area contributed by atoms with Gasteiger partial charge in [0.1, 0.15) is 0 Å². The van der Waals surface area contributed by atoms with Crippen molar-refractivity contribution in [3.8, 4) is 11.8 Å². The number of methoxy groups -OCH3 is 2. The van der Waals surface area contributed by atoms with Crippen molar-refractivity contribution < 1.29 is 19.0 Å². The van der Waals surface area contributed by atoms with E-state index < -0.39 is 0 Å². The molecule has 0 spiro atoms. The van der Waals surface area contributed by atoms with Gasteiger partial charge in [0.05, 0.1) is 45.5 Å². The maximum absolute atomic E-state index is 12.4. The Hall–Kier alpha value is -2.09. The predicted octanol–water partition coefficient (Wildman–Crippen LogP) is -0.213. The van der Waals surface area contributed by atoms with E-state index in [1.54, 1.807) is 25.2 Å². The SMILES string of the molecule is COc1cc(OC)nc(N2C[C@@H]3COC[C@H](C2)N(C)C3=O)n1. The zero-order valence-electron chi connectivity index (χ0n) is 13.0. The second-order valence-electron chi connectivity index (χ2n) is 5.49. The average molecular weight is 308 g/mol. The molecule has 2 aliphatic rings. The summed E-state index contributed by atoms with van der Waals surface area (Å²) in [5, 5.41) is 0. The van der Waals surface area contributed by atoms with Crippen LogP contribution in [0.5, 0.6) is 11.8 Å². The van der Waals surface area contributed by atoms with Crippen molar-refractivity contribution >= 4 is 11.9 Å². The summed E-state index contributed by atoms with van der Waals surface area (Å²) < 4.78 is 16.0. The van der Waals surface area contributed by atoms with Crippen LogP contribution in [0.15, 0.2) is 6.07 Å². The molecule has 0 aromatic carbocycles. The first-order chi connectivity index (χ1) is 10.6. The van der Waals surface area contributed by atoms with Crippen LogP contribution in [0, 0.1) is 5.92 Å². The third-order valence-electron chi connectivity index (χ3n) is 4.11. The molecule has 0 radical (unpaired) electrons. The largest absolute Gasteiger partial charge is 0.481 e. The number of fused-ring (bicyclic) bond motifs is 3. The Labute approximate surface area is 129 Å². The number of amides is 1. The first kappa shape index (κ1) is 14.8. The van der Waals surface area contributed by atoms with Gasteiger partial charge in [-0.25, -0.2) is 0 Å². The van der Waals surface area contributed by atoms with E-state index in [0.29, 0.717) is 44.0 Å². The fourth-order valence-corrected chi connectivity index (χ4v) is 2.80. The molecule has 0 unspecified atom stereocenters. The van der Waals surface area contributed by atoms with E-state index >= 15 is 0 Å². The third kappa shape index (κ3) is 2.66. The van der Waals surface area contributed by atoms with E-state index in [9.17, 15) is 4.79 Å². The van der Waals surface area contributed by atoms with Gasteiger partial charge < -0.3 is 24.0 Å². The van der Waals surface area contributed by atoms with Gasteiger partial charge in [0.2, 0.25) is 23.6 Å². The van der Waals surface area contributed by atoms with Crippen LogP contribution in [0.3, 0.4) is 0 Å². The normalized spacial score (nSPS) is 25.0. The molecule has 2 atom stereocenters. The molecule has 22 heavy (non-hydrogen) atoms. The van der Waals surface area contributed by atoms with Crippen LogP contribution in [-0.4, -0.2) is 74.4 Å². The summed E-state index contributed by atoms with van der Waals surface area (Å²) >= 11 is 0. The van der Waals surface area contributed by atoms with Crippen molar-refractivity contribution in [3.05, 3.63) is 6.07 Å². The summed E-state index contributed by atoms with van der Waals surface area (Å²) in [4.78, 5) is 24.9. The van der Waals surface area contributed by atoms with Crippen molar-refractivity contribution in [2.45, 2.75) is 6.04 Å². The smallest absolute Gasteiger partial charge is 0.232 e. The molecule has 3 rings (SSSR count). The Morgan fingerprint density at radius 2 is 1.86 bits per heavy atom. The van der Waals surface area contributed by atoms with Gasteiger partial charge in [-0.05, 0) is 0 Å². The van der Waals surface area contributed by atoms with Crippen LogP contribution in [0.2, 0.25) is 0 Å². The molecule has 8 heteroatoms. The highest BCUT2D eigenvalue weighted by Crippen LogP contribution is 2.25. The molecular formula is C14H20N4O4. The highest BCUT2D eigenvalue weighted by atomic mass is 16.5. The van der Waals surface area contributed by atoms with Crippen LogP contribution < -0.4 is 14.4 Å². The van der Waals surface area contributed by atoms with Crippen molar-refractivity contribution in [1.82, 2.24) is 14.9 Å². The fraction of sp³-hybridized carbons (Fsp3) is 0.643. The predicted molar refractivity (Wildman–Crippen MR) is 78.2 cm³/mol. The summed E-state index contributed by atoms with van der Waals surface area (Å²) in [7, 11) is 4.92. The van der Waals surface area contributed by atoms with Crippen LogP contribution >= 0.6 is 0 Å². The van der Waals surface area contributed by atoms with E-state index in [0.717, 1.165) is 0 Å². The molecule has 1 aromatic rings. The molecule has 2 saturated heterocycles. The highest BCUT2D eigenvalue weighted by Gasteiger charge is 2.38. The van der Waals surface area contributed by atoms with Crippen molar-refractivity contribution in [2.75, 3.05) is 52.5 Å². The van der Waals surface area contributed by atoms with E-state index in [4.69, 9.17) is 14.2 Å². The molecule has 2 bridgehead atoms. The lowest BCUT2D eigenvalue weighted by atomic mass is 10.1. The molecule has 0 saturated carbocycles. The molecule has 0 N–H and O–H groups in total. The first-order valence-electron chi connectivity index (χ1n) is 7.18. The number of ether oxygens (including phenoxy) is 3. The first-order valence-corrected chi connectivity index (χ1v) is 7.18. The second-order valence-corrected chi connectivity index (χ2v) is 5.49. The molecule has 1 amide bonds. The summed E-state index contributed by atoms with van der Waals surface area (Å²) in [6, 6.07) is 1.61. The fourth-order valence-electron chi connectivity index (χ4n) is 2.80. The second kappa shape index (κ2) is 5.96. The molecule has 3 heterocycles. The molecule has 120 valence electrons. The zero-order valence-corrected chi connectivity index (χ0v) is 13.0. The maximum atomic E-state index is 12.4. The Kier molecular flexibility index (Phi) is 4.02. The van der Waals surface area contributed by atoms with Crippen LogP contribution in [0.4, 0.5) is 5.95 Å². The van der Waals surface area contributed by atoms with Crippen molar-refractivity contribution in [1.29, 1.82) is 0 Å². The Bertz CT molecular complexity index is 546. The number of nitrogens with zero attached hydrogens (tertiary/aromatic N) is 4. The topological polar surface area (TPSA) is 77.0 Å². The number of hydrogen-bond acceptors (Lipinski definition) is 7. The summed E-state index contributed by atoms with van der Waals surface area (Å²) in [6.45, 7) is 2.10. The van der Waals surface area contributed by atoms with E-state index in [1.165, 1.54) is 0 Å². The Morgan fingerprint density at radius 3 is 2.50 bits per heavy atom. The number of carbonyl (C=O) groups excluding carboxylic acids is 1. The van der Waals surface area contributed by atoms with E-state index in [2.05, 4.69) is 9.97 Å². The maximum Gasteiger partial charge on any atom is 0.232 e. The van der Waals surface area contributed by atoms with Crippen LogP contribution in [-0.2, 0) is 9.53 Å². The van der Waals surface area contributed by atoms with Gasteiger partial charge in [-0.2, -0.15) is 9.97 Å². The van der Waals surface area contributed by atoms with Gasteiger partial charge in [0.15, 0.2) is 0 Å². The van der Waals surface area contributed by atoms with Crippen molar-refractivity contribution in [3.63, 3.8) is 0 Å². The van der Waals surface area contributed by atoms with Gasteiger partial charge in [-0.1, -0.05) is 0 Å². The van der Waals surface area contributed by atoms with Crippen molar-refractivity contribution in [2.24, 2.45) is 5.92 Å². The lowest BCUT2D eigenvalue weighted by Crippen LogP contribution is -2.43. The number of carbonyl (C=O) groups is 1. The standard InChI is InChI=1S/C14H20N4O4/c1-17-10-6-18(5-9(13(17)19)7-22-8-10)14-15-11(20-2)4-12(16-14)21-3/h4,9-10H,5-8H2,1-3H3/t9-,10+/m1/s1. The van der Waals surface area contributed by atoms with E-state index in [-0.39, 0.29) is 17.9 Å². The van der Waals surface area contributed by atoms with E-state index in [1.807, 2.05) is 11.9 Å². The van der Waals surface area contributed by atoms with Gasteiger partial charge in [0.25, 0.3) is 0 Å². The molecule has 1 aromatic heterocycles. The van der Waals surface area contributed by atoms with Crippen LogP contribution in [0.25, 0.3) is 0 Å². The molecule has 2 fully saturated rings. The summed E-state index contributed by atoms with van der Waals surface area (Å²) in [5.74, 6) is 1.29. The number of hydrogen-bond donors (Lipinski definition) is 0. The number of anilines is 1.